The van der Waals surface area contributed by atoms with E-state index in [2.05, 4.69) is 40.3 Å². The van der Waals surface area contributed by atoms with E-state index in [4.69, 9.17) is 11.6 Å². The lowest BCUT2D eigenvalue weighted by atomic mass is 9.93. The van der Waals surface area contributed by atoms with Gasteiger partial charge in [0.25, 0.3) is 0 Å². The fraction of sp³-hybridized carbons (Fsp3) is 0.625. The number of hydrogen-bond acceptors (Lipinski definition) is 1. The second-order valence-electron chi connectivity index (χ2n) is 5.56. The fourth-order valence-corrected chi connectivity index (χ4v) is 3.70. The molecule has 0 spiro atoms. The van der Waals surface area contributed by atoms with Crippen LogP contribution in [0.5, 0.6) is 0 Å². The average molecular weight is 345 g/mol. The monoisotopic (exact) mass is 343 g/mol. The highest BCUT2D eigenvalue weighted by molar-refractivity contribution is 9.10. The van der Waals surface area contributed by atoms with E-state index in [9.17, 15) is 0 Å². The van der Waals surface area contributed by atoms with Crippen molar-refractivity contribution in [2.45, 2.75) is 51.5 Å². The first-order chi connectivity index (χ1) is 9.20. The number of halogens is 2. The van der Waals surface area contributed by atoms with Crippen LogP contribution in [0.1, 0.15) is 57.1 Å². The first-order valence-corrected chi connectivity index (χ1v) is 8.56. The Morgan fingerprint density at radius 2 is 2.11 bits per heavy atom. The predicted molar refractivity (Wildman–Crippen MR) is 86.8 cm³/mol. The normalized spacial score (nSPS) is 17.8. The third kappa shape index (κ3) is 4.47. The van der Waals surface area contributed by atoms with Gasteiger partial charge in [0.2, 0.25) is 0 Å². The van der Waals surface area contributed by atoms with E-state index < -0.39 is 0 Å². The van der Waals surface area contributed by atoms with Gasteiger partial charge in [-0.3, -0.25) is 0 Å². The molecule has 3 heteroatoms. The van der Waals surface area contributed by atoms with Gasteiger partial charge in [-0.2, -0.15) is 0 Å². The van der Waals surface area contributed by atoms with Gasteiger partial charge in [-0.15, -0.1) is 0 Å². The minimum absolute atomic E-state index is 0.427. The van der Waals surface area contributed by atoms with Crippen LogP contribution in [-0.2, 0) is 0 Å². The summed E-state index contributed by atoms with van der Waals surface area (Å²) >= 11 is 9.84. The van der Waals surface area contributed by atoms with E-state index >= 15 is 0 Å². The van der Waals surface area contributed by atoms with Gasteiger partial charge in [0, 0.05) is 15.5 Å². The van der Waals surface area contributed by atoms with Gasteiger partial charge in [0.15, 0.2) is 0 Å². The van der Waals surface area contributed by atoms with Crippen molar-refractivity contribution in [1.29, 1.82) is 0 Å². The molecule has 0 saturated heterocycles. The quantitative estimate of drug-likeness (QED) is 0.695. The molecule has 1 N–H and O–H groups in total. The number of hydrogen-bond donors (Lipinski definition) is 1. The summed E-state index contributed by atoms with van der Waals surface area (Å²) < 4.78 is 1.17. The van der Waals surface area contributed by atoms with Gasteiger partial charge in [-0.1, -0.05) is 60.1 Å². The van der Waals surface area contributed by atoms with E-state index in [-0.39, 0.29) is 0 Å². The zero-order valence-corrected chi connectivity index (χ0v) is 13.9. The third-order valence-electron chi connectivity index (χ3n) is 4.02. The Labute approximate surface area is 130 Å². The molecule has 1 saturated carbocycles. The maximum atomic E-state index is 6.16. The highest BCUT2D eigenvalue weighted by Crippen LogP contribution is 2.36. The standard InChI is InChI=1S/C16H23BrClN/c1-2-9-19-16(10-12-5-3-4-6-12)14-11-13(18)7-8-15(14)17/h7-8,11-12,16,19H,2-6,9-10H2,1H3. The maximum absolute atomic E-state index is 6.16. The Hall–Kier alpha value is -0.0500. The van der Waals surface area contributed by atoms with Crippen molar-refractivity contribution in [3.63, 3.8) is 0 Å². The van der Waals surface area contributed by atoms with E-state index in [0.29, 0.717) is 6.04 Å². The summed E-state index contributed by atoms with van der Waals surface area (Å²) in [5.74, 6) is 0.875. The lowest BCUT2D eigenvalue weighted by molar-refractivity contribution is 0.394. The lowest BCUT2D eigenvalue weighted by Crippen LogP contribution is -2.24. The first kappa shape index (κ1) is 15.3. The van der Waals surface area contributed by atoms with Gasteiger partial charge < -0.3 is 5.32 Å². The summed E-state index contributed by atoms with van der Waals surface area (Å²) in [4.78, 5) is 0. The molecule has 1 fully saturated rings. The fourth-order valence-electron chi connectivity index (χ4n) is 3.00. The van der Waals surface area contributed by atoms with Gasteiger partial charge >= 0.3 is 0 Å². The SMILES string of the molecule is CCCNC(CC1CCCC1)c1cc(Cl)ccc1Br. The highest BCUT2D eigenvalue weighted by Gasteiger charge is 2.22. The molecular formula is C16H23BrClN. The summed E-state index contributed by atoms with van der Waals surface area (Å²) in [6, 6.07) is 6.54. The minimum atomic E-state index is 0.427. The van der Waals surface area contributed by atoms with Crippen molar-refractivity contribution in [2.75, 3.05) is 6.54 Å². The summed E-state index contributed by atoms with van der Waals surface area (Å²) in [6.45, 7) is 3.28. The second-order valence-corrected chi connectivity index (χ2v) is 6.85. The Morgan fingerprint density at radius 3 is 2.79 bits per heavy atom. The third-order valence-corrected chi connectivity index (χ3v) is 4.98. The summed E-state index contributed by atoms with van der Waals surface area (Å²) in [7, 11) is 0. The smallest absolute Gasteiger partial charge is 0.0410 e. The molecular weight excluding hydrogens is 322 g/mol. The molecule has 0 aromatic heterocycles. The van der Waals surface area contributed by atoms with Gasteiger partial charge in [-0.25, -0.2) is 0 Å². The molecule has 0 radical (unpaired) electrons. The molecule has 1 aliphatic rings. The van der Waals surface area contributed by atoms with Crippen LogP contribution < -0.4 is 5.32 Å². The molecule has 0 aliphatic heterocycles. The molecule has 0 amide bonds. The van der Waals surface area contributed by atoms with Crippen LogP contribution in [-0.4, -0.2) is 6.54 Å². The van der Waals surface area contributed by atoms with Gasteiger partial charge in [0.1, 0.15) is 0 Å². The van der Waals surface area contributed by atoms with Crippen LogP contribution in [0.15, 0.2) is 22.7 Å². The Kier molecular flexibility index (Phi) is 6.18. The van der Waals surface area contributed by atoms with Gasteiger partial charge in [-0.05, 0) is 49.1 Å². The summed E-state index contributed by atoms with van der Waals surface area (Å²) in [5, 5.41) is 4.52. The summed E-state index contributed by atoms with van der Waals surface area (Å²) in [5.41, 5.74) is 1.31. The molecule has 0 bridgehead atoms. The topological polar surface area (TPSA) is 12.0 Å². The summed E-state index contributed by atoms with van der Waals surface area (Å²) in [6.07, 6.45) is 7.99. The zero-order valence-electron chi connectivity index (χ0n) is 11.6. The van der Waals surface area contributed by atoms with Crippen molar-refractivity contribution in [2.24, 2.45) is 5.92 Å². The molecule has 1 aromatic rings. The van der Waals surface area contributed by atoms with Crippen molar-refractivity contribution in [3.8, 4) is 0 Å². The highest BCUT2D eigenvalue weighted by atomic mass is 79.9. The molecule has 1 aromatic carbocycles. The van der Waals surface area contributed by atoms with Crippen molar-refractivity contribution < 1.29 is 0 Å². The van der Waals surface area contributed by atoms with E-state index in [1.165, 1.54) is 48.6 Å². The molecule has 106 valence electrons. The second kappa shape index (κ2) is 7.66. The predicted octanol–water partition coefficient (Wildman–Crippen LogP) is 5.72. The lowest BCUT2D eigenvalue weighted by Gasteiger charge is -2.23. The molecule has 2 rings (SSSR count). The molecule has 1 unspecified atom stereocenters. The number of benzene rings is 1. The maximum Gasteiger partial charge on any atom is 0.0410 e. The van der Waals surface area contributed by atoms with E-state index in [0.717, 1.165) is 17.5 Å². The zero-order chi connectivity index (χ0) is 13.7. The Morgan fingerprint density at radius 1 is 1.37 bits per heavy atom. The Bertz CT molecular complexity index is 402. The van der Waals surface area contributed by atoms with Crippen LogP contribution in [0, 0.1) is 5.92 Å². The van der Waals surface area contributed by atoms with E-state index in [1.807, 2.05) is 6.07 Å². The van der Waals surface area contributed by atoms with Crippen molar-refractivity contribution in [1.82, 2.24) is 5.32 Å². The molecule has 1 atom stereocenters. The van der Waals surface area contributed by atoms with Crippen LogP contribution >= 0.6 is 27.5 Å². The molecule has 1 aliphatic carbocycles. The van der Waals surface area contributed by atoms with E-state index in [1.54, 1.807) is 0 Å². The van der Waals surface area contributed by atoms with Crippen LogP contribution in [0.4, 0.5) is 0 Å². The first-order valence-electron chi connectivity index (χ1n) is 7.39. The molecule has 1 nitrogen and oxygen atoms in total. The van der Waals surface area contributed by atoms with Gasteiger partial charge in [0.05, 0.1) is 0 Å². The Balaban J connectivity index is 2.12. The van der Waals surface area contributed by atoms with Crippen molar-refractivity contribution in [3.05, 3.63) is 33.3 Å². The molecule has 19 heavy (non-hydrogen) atoms. The average Bonchev–Trinajstić information content (AvgIpc) is 2.90. The van der Waals surface area contributed by atoms with Crippen LogP contribution in [0.2, 0.25) is 5.02 Å². The van der Waals surface area contributed by atoms with Crippen molar-refractivity contribution >= 4 is 27.5 Å². The minimum Gasteiger partial charge on any atom is -0.310 e. The van der Waals surface area contributed by atoms with Crippen LogP contribution in [0.3, 0.4) is 0 Å². The number of rotatable bonds is 6. The van der Waals surface area contributed by atoms with Crippen LogP contribution in [0.25, 0.3) is 0 Å². The largest absolute Gasteiger partial charge is 0.310 e. The molecule has 0 heterocycles. The number of nitrogens with one attached hydrogen (secondary N) is 1.